The molecule has 0 amide bonds. The summed E-state index contributed by atoms with van der Waals surface area (Å²) in [5.41, 5.74) is 0. The van der Waals surface area contributed by atoms with E-state index in [2.05, 4.69) is 20.0 Å². The first-order chi connectivity index (χ1) is 5.81. The van der Waals surface area contributed by atoms with E-state index in [9.17, 15) is 0 Å². The maximum Gasteiger partial charge on any atom is 0.152 e. The first kappa shape index (κ1) is 7.68. The smallest absolute Gasteiger partial charge is 0.152 e. The molecule has 0 saturated heterocycles. The zero-order valence-corrected chi connectivity index (χ0v) is 7.94. The summed E-state index contributed by atoms with van der Waals surface area (Å²) in [6.45, 7) is 0. The average molecular weight is 176 g/mol. The lowest BCUT2D eigenvalue weighted by Crippen LogP contribution is -1.88. The van der Waals surface area contributed by atoms with E-state index in [0.29, 0.717) is 0 Å². The van der Waals surface area contributed by atoms with Gasteiger partial charge in [0.25, 0.3) is 0 Å². The second-order valence-corrected chi connectivity index (χ2v) is 3.99. The molecule has 0 spiro atoms. The van der Waals surface area contributed by atoms with Crippen LogP contribution >= 0.6 is 11.3 Å². The monoisotopic (exact) mass is 176 g/mol. The fourth-order valence-corrected chi connectivity index (χ4v) is 2.33. The van der Waals surface area contributed by atoms with Crippen molar-refractivity contribution in [3.63, 3.8) is 0 Å². The summed E-state index contributed by atoms with van der Waals surface area (Å²) < 4.78 is 7.83. The maximum atomic E-state index is 5.25. The van der Waals surface area contributed by atoms with Gasteiger partial charge in [0.2, 0.25) is 0 Å². The van der Waals surface area contributed by atoms with Crippen molar-refractivity contribution in [2.45, 2.75) is 0 Å². The van der Waals surface area contributed by atoms with E-state index in [1.807, 2.05) is 12.1 Å². The molecule has 0 aliphatic heterocycles. The molecule has 12 heavy (non-hydrogen) atoms. The molecule has 0 fully saturated rings. The van der Waals surface area contributed by atoms with Gasteiger partial charge in [-0.2, -0.15) is 0 Å². The van der Waals surface area contributed by atoms with Crippen molar-refractivity contribution in [3.05, 3.63) is 24.3 Å². The van der Waals surface area contributed by atoms with Gasteiger partial charge in [0, 0.05) is 0 Å². The van der Waals surface area contributed by atoms with Gasteiger partial charge in [-0.05, 0) is 16.2 Å². The molecule has 1 aromatic heterocycles. The SMILES string of the molecule is Bc1cc2cccc(OC)c2s1. The van der Waals surface area contributed by atoms with Gasteiger partial charge < -0.3 is 4.74 Å². The Kier molecular flexibility index (Phi) is 1.81. The van der Waals surface area contributed by atoms with Gasteiger partial charge in [-0.25, -0.2) is 0 Å². The highest BCUT2D eigenvalue weighted by Gasteiger charge is 2.02. The Balaban J connectivity index is 2.78. The van der Waals surface area contributed by atoms with E-state index in [0.717, 1.165) is 5.75 Å². The molecular weight excluding hydrogens is 167 g/mol. The summed E-state index contributed by atoms with van der Waals surface area (Å²) in [5.74, 6) is 0.977. The minimum absolute atomic E-state index is 0.977. The molecule has 0 N–H and O–H groups in total. The van der Waals surface area contributed by atoms with Crippen molar-refractivity contribution in [1.82, 2.24) is 0 Å². The van der Waals surface area contributed by atoms with Crippen LogP contribution in [-0.2, 0) is 0 Å². The summed E-state index contributed by atoms with van der Waals surface area (Å²) in [6.07, 6.45) is 0. The predicted molar refractivity (Wildman–Crippen MR) is 56.6 cm³/mol. The molecule has 60 valence electrons. The first-order valence-electron chi connectivity index (χ1n) is 3.84. The highest BCUT2D eigenvalue weighted by molar-refractivity contribution is 7.26. The van der Waals surface area contributed by atoms with Crippen LogP contribution in [0.4, 0.5) is 0 Å². The van der Waals surface area contributed by atoms with Crippen molar-refractivity contribution in [2.75, 3.05) is 7.11 Å². The van der Waals surface area contributed by atoms with Gasteiger partial charge in [0.1, 0.15) is 5.75 Å². The molecule has 1 nitrogen and oxygen atoms in total. The number of benzene rings is 1. The third kappa shape index (κ3) is 1.10. The molecule has 0 atom stereocenters. The van der Waals surface area contributed by atoms with E-state index in [1.54, 1.807) is 18.4 Å². The van der Waals surface area contributed by atoms with E-state index in [-0.39, 0.29) is 0 Å². The molecule has 2 aromatic rings. The van der Waals surface area contributed by atoms with Crippen LogP contribution in [0.3, 0.4) is 0 Å². The van der Waals surface area contributed by atoms with Crippen LogP contribution in [0.1, 0.15) is 0 Å². The lowest BCUT2D eigenvalue weighted by molar-refractivity contribution is 0.420. The number of rotatable bonds is 1. The number of thiophene rings is 1. The van der Waals surface area contributed by atoms with Crippen LogP contribution in [0.15, 0.2) is 24.3 Å². The minimum atomic E-state index is 0.977. The van der Waals surface area contributed by atoms with Crippen LogP contribution in [0.5, 0.6) is 5.75 Å². The predicted octanol–water partition coefficient (Wildman–Crippen LogP) is 1.17. The standard InChI is InChI=1S/C9H9BOS/c1-11-7-4-2-3-6-5-8(10)12-9(6)7/h2-5H,10H2,1H3. The second-order valence-electron chi connectivity index (χ2n) is 2.74. The van der Waals surface area contributed by atoms with E-state index in [1.165, 1.54) is 14.9 Å². The largest absolute Gasteiger partial charge is 0.495 e. The Hall–Kier alpha value is -0.955. The summed E-state index contributed by atoms with van der Waals surface area (Å²) in [6, 6.07) is 8.31. The van der Waals surface area contributed by atoms with E-state index in [4.69, 9.17) is 4.74 Å². The molecule has 0 unspecified atom stereocenters. The number of hydrogen-bond acceptors (Lipinski definition) is 2. The summed E-state index contributed by atoms with van der Waals surface area (Å²) in [5, 5.41) is 1.27. The molecule has 0 aliphatic carbocycles. The quantitative estimate of drug-likeness (QED) is 0.592. The Labute approximate surface area is 76.4 Å². The van der Waals surface area contributed by atoms with E-state index < -0.39 is 0 Å². The molecule has 2 rings (SSSR count). The topological polar surface area (TPSA) is 9.23 Å². The summed E-state index contributed by atoms with van der Waals surface area (Å²) in [7, 11) is 3.83. The number of fused-ring (bicyclic) bond motifs is 1. The van der Waals surface area contributed by atoms with Crippen LogP contribution < -0.4 is 9.51 Å². The third-order valence-electron chi connectivity index (χ3n) is 1.85. The Morgan fingerprint density at radius 3 is 3.00 bits per heavy atom. The van der Waals surface area contributed by atoms with Crippen LogP contribution in [0.25, 0.3) is 10.1 Å². The molecule has 3 heteroatoms. The van der Waals surface area contributed by atoms with Gasteiger partial charge >= 0.3 is 0 Å². The van der Waals surface area contributed by atoms with Crippen molar-refractivity contribution >= 4 is 34.0 Å². The molecular formula is C9H9BOS. The Morgan fingerprint density at radius 1 is 1.42 bits per heavy atom. The Morgan fingerprint density at radius 2 is 2.25 bits per heavy atom. The normalized spacial score (nSPS) is 10.4. The van der Waals surface area contributed by atoms with Crippen LogP contribution in [-0.4, -0.2) is 15.0 Å². The lowest BCUT2D eigenvalue weighted by Gasteiger charge is -1.98. The average Bonchev–Trinajstić information content (AvgIpc) is 2.44. The van der Waals surface area contributed by atoms with Crippen LogP contribution in [0, 0.1) is 0 Å². The molecule has 0 bridgehead atoms. The molecule has 1 heterocycles. The first-order valence-corrected chi connectivity index (χ1v) is 4.66. The second kappa shape index (κ2) is 2.83. The summed E-state index contributed by atoms with van der Waals surface area (Å²) in [4.78, 5) is 0. The molecule has 0 saturated carbocycles. The zero-order chi connectivity index (χ0) is 8.55. The van der Waals surface area contributed by atoms with Crippen molar-refractivity contribution in [2.24, 2.45) is 0 Å². The van der Waals surface area contributed by atoms with Gasteiger partial charge in [0.15, 0.2) is 7.85 Å². The number of methoxy groups -OCH3 is 1. The third-order valence-corrected chi connectivity index (χ3v) is 2.93. The molecule has 0 aliphatic rings. The van der Waals surface area contributed by atoms with Gasteiger partial charge in [0.05, 0.1) is 11.8 Å². The zero-order valence-electron chi connectivity index (χ0n) is 7.13. The fourth-order valence-electron chi connectivity index (χ4n) is 1.33. The highest BCUT2D eigenvalue weighted by atomic mass is 32.1. The molecule has 1 aromatic carbocycles. The van der Waals surface area contributed by atoms with Crippen molar-refractivity contribution in [1.29, 1.82) is 0 Å². The molecule has 0 radical (unpaired) electrons. The van der Waals surface area contributed by atoms with Crippen molar-refractivity contribution < 1.29 is 4.74 Å². The lowest BCUT2D eigenvalue weighted by atomic mass is 10.1. The minimum Gasteiger partial charge on any atom is -0.495 e. The van der Waals surface area contributed by atoms with Crippen LogP contribution in [0.2, 0.25) is 0 Å². The number of ether oxygens (including phenoxy) is 1. The van der Waals surface area contributed by atoms with Gasteiger partial charge in [-0.1, -0.05) is 18.2 Å². The Bertz CT molecular complexity index is 408. The van der Waals surface area contributed by atoms with Crippen molar-refractivity contribution in [3.8, 4) is 5.75 Å². The fraction of sp³-hybridized carbons (Fsp3) is 0.111. The van der Waals surface area contributed by atoms with E-state index >= 15 is 0 Å². The number of hydrogen-bond donors (Lipinski definition) is 0. The van der Waals surface area contributed by atoms with Gasteiger partial charge in [-0.15, -0.1) is 11.3 Å². The van der Waals surface area contributed by atoms with Gasteiger partial charge in [-0.3, -0.25) is 0 Å². The highest BCUT2D eigenvalue weighted by Crippen LogP contribution is 2.28. The summed E-state index contributed by atoms with van der Waals surface area (Å²) >= 11 is 1.78. The maximum absolute atomic E-state index is 5.25.